The molecular formula is C21H25BrClFN6O2. The molecule has 0 unspecified atom stereocenters. The van der Waals surface area contributed by atoms with Crippen LogP contribution in [0.5, 0.6) is 0 Å². The van der Waals surface area contributed by atoms with Crippen LogP contribution in [0.2, 0.25) is 5.02 Å². The zero-order valence-electron chi connectivity index (χ0n) is 17.5. The zero-order chi connectivity index (χ0) is 22.4. The molecule has 0 radical (unpaired) electrons. The fourth-order valence-corrected chi connectivity index (χ4v) is 5.10. The van der Waals surface area contributed by atoms with E-state index in [2.05, 4.69) is 31.1 Å². The van der Waals surface area contributed by atoms with Crippen molar-refractivity contribution in [2.24, 2.45) is 0 Å². The maximum Gasteiger partial charge on any atom is 0.407 e. The second-order valence-corrected chi connectivity index (χ2v) is 9.90. The number of anilines is 2. The van der Waals surface area contributed by atoms with Crippen LogP contribution in [0.3, 0.4) is 0 Å². The number of piperazine rings is 1. The maximum atomic E-state index is 15.1. The van der Waals surface area contributed by atoms with Crippen LogP contribution >= 0.6 is 27.5 Å². The van der Waals surface area contributed by atoms with Crippen molar-refractivity contribution in [2.45, 2.75) is 37.8 Å². The van der Waals surface area contributed by atoms with E-state index in [1.807, 2.05) is 4.90 Å². The molecule has 3 fully saturated rings. The highest BCUT2D eigenvalue weighted by Gasteiger charge is 2.32. The molecule has 0 atom stereocenters. The number of aromatic nitrogens is 2. The van der Waals surface area contributed by atoms with Crippen molar-refractivity contribution in [2.75, 3.05) is 49.5 Å². The van der Waals surface area contributed by atoms with Crippen LogP contribution in [0.1, 0.15) is 25.7 Å². The molecule has 5 rings (SSSR count). The molecule has 1 aliphatic carbocycles. The van der Waals surface area contributed by atoms with E-state index in [-0.39, 0.29) is 21.1 Å². The van der Waals surface area contributed by atoms with Gasteiger partial charge in [0.2, 0.25) is 5.95 Å². The number of nitrogens with one attached hydrogen (secondary N) is 1. The van der Waals surface area contributed by atoms with Crippen LogP contribution in [0.15, 0.2) is 10.5 Å². The summed E-state index contributed by atoms with van der Waals surface area (Å²) in [5.41, 5.74) is 0.199. The number of likely N-dealkylation sites (tertiary alicyclic amines) is 1. The van der Waals surface area contributed by atoms with E-state index in [0.29, 0.717) is 43.3 Å². The molecule has 1 aromatic carbocycles. The molecule has 3 aliphatic rings. The van der Waals surface area contributed by atoms with Gasteiger partial charge < -0.3 is 25.1 Å². The number of amides is 1. The first-order valence-corrected chi connectivity index (χ1v) is 12.2. The fourth-order valence-electron chi connectivity index (χ4n) is 4.60. The van der Waals surface area contributed by atoms with E-state index in [4.69, 9.17) is 16.6 Å². The van der Waals surface area contributed by atoms with Gasteiger partial charge in [-0.15, -0.1) is 0 Å². The summed E-state index contributed by atoms with van der Waals surface area (Å²) in [6.45, 7) is 3.75. The van der Waals surface area contributed by atoms with Gasteiger partial charge in [-0.3, -0.25) is 0 Å². The predicted molar refractivity (Wildman–Crippen MR) is 125 cm³/mol. The third-order valence-corrected chi connectivity index (χ3v) is 7.88. The second kappa shape index (κ2) is 8.79. The van der Waals surface area contributed by atoms with Crippen LogP contribution in [-0.4, -0.2) is 82.3 Å². The van der Waals surface area contributed by atoms with Crippen molar-refractivity contribution < 1.29 is 14.3 Å². The normalized spacial score (nSPS) is 20.7. The standard InChI is InChI=1S/C21H25BrClFN6O2/c22-16-15(23)11-14-18(17(16)24)26-20(25-12-3-5-28(6-4-12)13-1-2-13)27-19(14)29-7-9-30(10-8-29)21(31)32/h11-13H,1-10H2,(H,31,32)(H,25,26,27). The third-order valence-electron chi connectivity index (χ3n) is 6.58. The Balaban J connectivity index is 1.44. The van der Waals surface area contributed by atoms with Gasteiger partial charge in [-0.25, -0.2) is 14.2 Å². The number of hydrogen-bond acceptors (Lipinski definition) is 6. The summed E-state index contributed by atoms with van der Waals surface area (Å²) in [5.74, 6) is 0.448. The van der Waals surface area contributed by atoms with E-state index in [1.165, 1.54) is 17.7 Å². The Kier molecular flexibility index (Phi) is 6.02. The molecule has 1 saturated carbocycles. The molecule has 0 bridgehead atoms. The largest absolute Gasteiger partial charge is 0.465 e. The van der Waals surface area contributed by atoms with Crippen molar-refractivity contribution >= 4 is 56.3 Å². The average molecular weight is 528 g/mol. The average Bonchev–Trinajstić information content (AvgIpc) is 3.64. The van der Waals surface area contributed by atoms with E-state index in [0.717, 1.165) is 32.0 Å². The second-order valence-electron chi connectivity index (χ2n) is 8.70. The number of benzene rings is 1. The number of rotatable bonds is 4. The van der Waals surface area contributed by atoms with Gasteiger partial charge in [0, 0.05) is 56.7 Å². The molecular weight excluding hydrogens is 503 g/mol. The van der Waals surface area contributed by atoms with Crippen molar-refractivity contribution in [3.63, 3.8) is 0 Å². The monoisotopic (exact) mass is 526 g/mol. The predicted octanol–water partition coefficient (Wildman–Crippen LogP) is 4.02. The topological polar surface area (TPSA) is 84.8 Å². The van der Waals surface area contributed by atoms with Crippen molar-refractivity contribution in [3.05, 3.63) is 21.4 Å². The van der Waals surface area contributed by atoms with E-state index < -0.39 is 11.9 Å². The maximum absolute atomic E-state index is 15.1. The number of halogens is 3. The van der Waals surface area contributed by atoms with Crippen LogP contribution in [0, 0.1) is 5.82 Å². The number of piperidine rings is 1. The summed E-state index contributed by atoms with van der Waals surface area (Å²) < 4.78 is 15.3. The minimum atomic E-state index is -0.935. The van der Waals surface area contributed by atoms with Crippen LogP contribution < -0.4 is 10.2 Å². The molecule has 2 aliphatic heterocycles. The van der Waals surface area contributed by atoms with Gasteiger partial charge in [0.05, 0.1) is 9.50 Å². The van der Waals surface area contributed by atoms with Crippen LogP contribution in [0.4, 0.5) is 21.0 Å². The van der Waals surface area contributed by atoms with Gasteiger partial charge >= 0.3 is 6.09 Å². The number of carbonyl (C=O) groups is 1. The lowest BCUT2D eigenvalue weighted by Crippen LogP contribution is -2.48. The number of nitrogens with zero attached hydrogens (tertiary/aromatic N) is 5. The minimum absolute atomic E-state index is 0.177. The Morgan fingerprint density at radius 1 is 1.12 bits per heavy atom. The Morgan fingerprint density at radius 3 is 2.44 bits per heavy atom. The van der Waals surface area contributed by atoms with Crippen molar-refractivity contribution in [1.29, 1.82) is 0 Å². The molecule has 32 heavy (non-hydrogen) atoms. The quantitative estimate of drug-likeness (QED) is 0.581. The molecule has 1 amide bonds. The van der Waals surface area contributed by atoms with Gasteiger partial charge in [0.15, 0.2) is 5.82 Å². The molecule has 3 heterocycles. The molecule has 2 aromatic rings. The number of fused-ring (bicyclic) bond motifs is 1. The molecule has 2 N–H and O–H groups in total. The lowest BCUT2D eigenvalue weighted by Gasteiger charge is -2.35. The summed E-state index contributed by atoms with van der Waals surface area (Å²) in [5, 5.41) is 13.4. The molecule has 172 valence electrons. The zero-order valence-corrected chi connectivity index (χ0v) is 19.9. The van der Waals surface area contributed by atoms with Crippen molar-refractivity contribution in [1.82, 2.24) is 19.8 Å². The minimum Gasteiger partial charge on any atom is -0.465 e. The highest BCUT2D eigenvalue weighted by Crippen LogP contribution is 2.36. The van der Waals surface area contributed by atoms with E-state index in [1.54, 1.807) is 6.07 Å². The summed E-state index contributed by atoms with van der Waals surface area (Å²) >= 11 is 9.46. The molecule has 0 spiro atoms. The lowest BCUT2D eigenvalue weighted by atomic mass is 10.1. The van der Waals surface area contributed by atoms with Gasteiger partial charge in [-0.05, 0) is 47.7 Å². The summed E-state index contributed by atoms with van der Waals surface area (Å²) in [6.07, 6.45) is 3.67. The third kappa shape index (κ3) is 4.32. The van der Waals surface area contributed by atoms with E-state index in [9.17, 15) is 9.90 Å². The lowest BCUT2D eigenvalue weighted by molar-refractivity contribution is 0.142. The Bertz CT molecular complexity index is 1040. The highest BCUT2D eigenvalue weighted by atomic mass is 79.9. The highest BCUT2D eigenvalue weighted by molar-refractivity contribution is 9.10. The molecule has 2 saturated heterocycles. The molecule has 8 nitrogen and oxygen atoms in total. The van der Waals surface area contributed by atoms with Gasteiger partial charge in [-0.1, -0.05) is 11.6 Å². The van der Waals surface area contributed by atoms with Gasteiger partial charge in [-0.2, -0.15) is 4.98 Å². The Labute approximate surface area is 198 Å². The van der Waals surface area contributed by atoms with Crippen LogP contribution in [0.25, 0.3) is 10.9 Å². The number of hydrogen-bond donors (Lipinski definition) is 2. The first-order valence-electron chi connectivity index (χ1n) is 11.0. The number of carboxylic acid groups (broad SMARTS) is 1. The van der Waals surface area contributed by atoms with Gasteiger partial charge in [0.25, 0.3) is 0 Å². The molecule has 1 aromatic heterocycles. The Hall–Kier alpha value is -1.91. The first kappa shape index (κ1) is 21.9. The summed E-state index contributed by atoms with van der Waals surface area (Å²) in [6, 6.07) is 2.67. The summed E-state index contributed by atoms with van der Waals surface area (Å²) in [4.78, 5) is 26.4. The van der Waals surface area contributed by atoms with Gasteiger partial charge in [0.1, 0.15) is 11.3 Å². The SMILES string of the molecule is O=C(O)N1CCN(c2nc(NC3CCN(C4CC4)CC3)nc3c(F)c(Br)c(Cl)cc23)CC1. The Morgan fingerprint density at radius 2 is 1.81 bits per heavy atom. The van der Waals surface area contributed by atoms with Crippen molar-refractivity contribution in [3.8, 4) is 0 Å². The molecule has 11 heteroatoms. The fraction of sp³-hybridized carbons (Fsp3) is 0.571. The first-order chi connectivity index (χ1) is 15.4. The smallest absolute Gasteiger partial charge is 0.407 e. The van der Waals surface area contributed by atoms with E-state index >= 15 is 4.39 Å². The van der Waals surface area contributed by atoms with Crippen LogP contribution in [-0.2, 0) is 0 Å². The summed E-state index contributed by atoms with van der Waals surface area (Å²) in [7, 11) is 0.